The first kappa shape index (κ1) is 25.2. The van der Waals surface area contributed by atoms with E-state index in [1.807, 2.05) is 9.80 Å². The van der Waals surface area contributed by atoms with E-state index in [9.17, 15) is 18.4 Å². The van der Waals surface area contributed by atoms with Crippen molar-refractivity contribution in [3.05, 3.63) is 18.2 Å². The molecule has 0 radical (unpaired) electrons. The molecule has 0 aliphatic carbocycles. The molecule has 5 N–H and O–H groups in total. The number of aromatic nitrogens is 1. The Morgan fingerprint density at radius 3 is 2.69 bits per heavy atom. The molecular weight excluding hydrogens is 474 g/mol. The fourth-order valence-corrected chi connectivity index (χ4v) is 5.76. The van der Waals surface area contributed by atoms with Gasteiger partial charge in [-0.05, 0) is 19.3 Å². The summed E-state index contributed by atoms with van der Waals surface area (Å²) in [5.41, 5.74) is 9.58. The number of nitrogens with one attached hydrogen (secondary N) is 3. The molecule has 0 spiro atoms. The highest BCUT2D eigenvalue weighted by atomic mass is 19.1. The van der Waals surface area contributed by atoms with E-state index >= 15 is 0 Å². The lowest BCUT2D eigenvalue weighted by atomic mass is 9.94. The van der Waals surface area contributed by atoms with Crippen LogP contribution < -0.4 is 26.7 Å². The maximum absolute atomic E-state index is 15.0. The van der Waals surface area contributed by atoms with E-state index in [1.165, 1.54) is 6.20 Å². The quantitative estimate of drug-likeness (QED) is 0.421. The van der Waals surface area contributed by atoms with Gasteiger partial charge < -0.3 is 25.6 Å². The van der Waals surface area contributed by atoms with Crippen molar-refractivity contribution in [2.75, 3.05) is 56.6 Å². The van der Waals surface area contributed by atoms with Crippen LogP contribution in [0.25, 0.3) is 0 Å². The number of anilines is 2. The van der Waals surface area contributed by atoms with Crippen LogP contribution >= 0.6 is 0 Å². The zero-order chi connectivity index (χ0) is 25.4. The van der Waals surface area contributed by atoms with Gasteiger partial charge in [-0.25, -0.2) is 19.2 Å². The van der Waals surface area contributed by atoms with Gasteiger partial charge >= 0.3 is 0 Å². The molecular formula is C23H34F2N8O3. The van der Waals surface area contributed by atoms with Crippen molar-refractivity contribution in [1.29, 1.82) is 0 Å². The number of nitrogens with two attached hydrogens (primary N) is 1. The Hall–Kier alpha value is -2.45. The van der Waals surface area contributed by atoms with Gasteiger partial charge in [0, 0.05) is 52.3 Å². The van der Waals surface area contributed by atoms with Crippen molar-refractivity contribution in [3.8, 4) is 0 Å². The highest BCUT2D eigenvalue weighted by molar-refractivity contribution is 5.96. The van der Waals surface area contributed by atoms with Crippen molar-refractivity contribution in [2.24, 2.45) is 17.6 Å². The molecule has 5 atom stereocenters. The molecule has 13 heteroatoms. The number of hydrazine groups is 1. The van der Waals surface area contributed by atoms with Crippen LogP contribution in [0.5, 0.6) is 0 Å². The highest BCUT2D eigenvalue weighted by Gasteiger charge is 2.47. The number of carbonyl (C=O) groups is 2. The molecule has 0 saturated carbocycles. The van der Waals surface area contributed by atoms with Crippen LogP contribution in [0.4, 0.5) is 20.2 Å². The Morgan fingerprint density at radius 1 is 1.19 bits per heavy atom. The van der Waals surface area contributed by atoms with Gasteiger partial charge in [-0.15, -0.1) is 0 Å². The number of hydrogen-bond acceptors (Lipinski definition) is 9. The van der Waals surface area contributed by atoms with E-state index in [-0.39, 0.29) is 42.4 Å². The molecule has 2 amide bonds. The lowest BCUT2D eigenvalue weighted by Crippen LogP contribution is -2.58. The molecule has 4 unspecified atom stereocenters. The highest BCUT2D eigenvalue weighted by Crippen LogP contribution is 2.34. The number of rotatable bonds is 5. The topological polar surface area (TPSA) is 128 Å². The van der Waals surface area contributed by atoms with E-state index in [1.54, 1.807) is 12.1 Å². The van der Waals surface area contributed by atoms with Gasteiger partial charge in [0.2, 0.25) is 11.8 Å². The number of fused-ring (bicyclic) bond motifs is 1. The number of nitrogens with zero attached hydrogens (tertiary/aromatic N) is 4. The fraction of sp³-hybridized carbons (Fsp3) is 0.696. The number of piperidine rings is 1. The number of halogens is 2. The minimum Gasteiger partial charge on any atom is -0.380 e. The first-order valence-electron chi connectivity index (χ1n) is 12.5. The third-order valence-corrected chi connectivity index (χ3v) is 7.70. The number of hydrogen-bond donors (Lipinski definition) is 4. The Kier molecular flexibility index (Phi) is 7.35. The zero-order valence-electron chi connectivity index (χ0n) is 20.3. The molecule has 4 aliphatic heterocycles. The fourth-order valence-electron chi connectivity index (χ4n) is 5.76. The monoisotopic (exact) mass is 508 g/mol. The average Bonchev–Trinajstić information content (AvgIpc) is 3.47. The molecule has 11 nitrogen and oxygen atoms in total. The van der Waals surface area contributed by atoms with E-state index in [0.717, 1.165) is 12.6 Å². The van der Waals surface area contributed by atoms with Gasteiger partial charge in [0.15, 0.2) is 5.82 Å². The van der Waals surface area contributed by atoms with E-state index in [0.29, 0.717) is 39.0 Å². The smallest absolute Gasteiger partial charge is 0.233 e. The van der Waals surface area contributed by atoms with Gasteiger partial charge in [0.05, 0.1) is 42.4 Å². The number of ether oxygens (including phenoxy) is 1. The van der Waals surface area contributed by atoms with E-state index < -0.39 is 36.1 Å². The third kappa shape index (κ3) is 4.90. The summed E-state index contributed by atoms with van der Waals surface area (Å²) in [7, 11) is 1.66. The normalized spacial score (nSPS) is 31.5. The van der Waals surface area contributed by atoms with Crippen LogP contribution in [0, 0.1) is 17.7 Å². The molecule has 36 heavy (non-hydrogen) atoms. The number of carbonyl (C=O) groups excluding carboxylic acids is 2. The third-order valence-electron chi connectivity index (χ3n) is 7.70. The first-order chi connectivity index (χ1) is 17.4. The molecule has 4 saturated heterocycles. The summed E-state index contributed by atoms with van der Waals surface area (Å²) < 4.78 is 34.1. The van der Waals surface area contributed by atoms with Gasteiger partial charge in [-0.1, -0.05) is 0 Å². The molecule has 1 aromatic rings. The minimum absolute atomic E-state index is 0.0867. The number of amides is 2. The van der Waals surface area contributed by atoms with E-state index in [2.05, 4.69) is 21.0 Å². The molecule has 0 bridgehead atoms. The maximum atomic E-state index is 15.0. The second-order valence-corrected chi connectivity index (χ2v) is 9.98. The summed E-state index contributed by atoms with van der Waals surface area (Å²) in [6.45, 7) is 2.51. The van der Waals surface area contributed by atoms with Crippen molar-refractivity contribution in [2.45, 2.75) is 43.9 Å². The van der Waals surface area contributed by atoms with Crippen molar-refractivity contribution >= 4 is 23.2 Å². The standard InChI is InChI=1S/C23H34F2N8O3/c1-36-15-4-7-32(12-15)23(35)13-2-5-31(6-3-13)19-16(25)9-27-10-17(19)29-22(34)18-20(26)30-33-11-14(24)8-28-21(18)33/h9-10,13-15,18,20-21,28,30H,2-8,11-12,26H2,1H3,(H,29,34)/t14?,15-,18?,20?,21?/m0/s1. The Bertz CT molecular complexity index is 979. The molecule has 4 fully saturated rings. The predicted molar refractivity (Wildman–Crippen MR) is 128 cm³/mol. The summed E-state index contributed by atoms with van der Waals surface area (Å²) in [4.78, 5) is 33.8. The zero-order valence-corrected chi connectivity index (χ0v) is 20.3. The number of alkyl halides is 1. The summed E-state index contributed by atoms with van der Waals surface area (Å²) in [6, 6.07) is 0. The number of pyridine rings is 1. The van der Waals surface area contributed by atoms with E-state index in [4.69, 9.17) is 10.5 Å². The van der Waals surface area contributed by atoms with Gasteiger partial charge in [0.1, 0.15) is 11.9 Å². The SMILES string of the molecule is CO[C@H]1CCN(C(=O)C2CCN(c3c(F)cncc3NC(=O)C3C(N)NN4CC(F)CNC34)CC2)C1. The summed E-state index contributed by atoms with van der Waals surface area (Å²) in [5, 5.41) is 7.42. The van der Waals surface area contributed by atoms with Crippen LogP contribution in [0.1, 0.15) is 19.3 Å². The van der Waals surface area contributed by atoms with Crippen molar-refractivity contribution < 1.29 is 23.1 Å². The molecule has 5 rings (SSSR count). The largest absolute Gasteiger partial charge is 0.380 e. The molecule has 198 valence electrons. The van der Waals surface area contributed by atoms with Crippen molar-refractivity contribution in [1.82, 2.24) is 25.6 Å². The summed E-state index contributed by atoms with van der Waals surface area (Å²) in [5.74, 6) is -1.67. The molecule has 0 aromatic carbocycles. The number of likely N-dealkylation sites (tertiary alicyclic amines) is 1. The average molecular weight is 509 g/mol. The lowest BCUT2D eigenvalue weighted by Gasteiger charge is -2.36. The Balaban J connectivity index is 1.24. The molecule has 4 aliphatic rings. The van der Waals surface area contributed by atoms with Gasteiger partial charge in [-0.3, -0.25) is 19.9 Å². The van der Waals surface area contributed by atoms with Gasteiger partial charge in [0.25, 0.3) is 0 Å². The van der Waals surface area contributed by atoms with Crippen LogP contribution in [0.15, 0.2) is 12.4 Å². The van der Waals surface area contributed by atoms with Crippen molar-refractivity contribution in [3.63, 3.8) is 0 Å². The maximum Gasteiger partial charge on any atom is 0.233 e. The molecule has 1 aromatic heterocycles. The summed E-state index contributed by atoms with van der Waals surface area (Å²) >= 11 is 0. The summed E-state index contributed by atoms with van der Waals surface area (Å²) in [6.07, 6.45) is 2.38. The predicted octanol–water partition coefficient (Wildman–Crippen LogP) is -0.388. The number of methoxy groups -OCH3 is 1. The van der Waals surface area contributed by atoms with Gasteiger partial charge in [-0.2, -0.15) is 0 Å². The molecule has 5 heterocycles. The Labute approximate surface area is 208 Å². The second kappa shape index (κ2) is 10.5. The first-order valence-corrected chi connectivity index (χ1v) is 12.5. The van der Waals surface area contributed by atoms with Crippen LogP contribution in [-0.4, -0.2) is 97.7 Å². The lowest BCUT2D eigenvalue weighted by molar-refractivity contribution is -0.135. The van der Waals surface area contributed by atoms with Crippen LogP contribution in [0.3, 0.4) is 0 Å². The minimum atomic E-state index is -1.07. The van der Waals surface area contributed by atoms with Crippen LogP contribution in [-0.2, 0) is 14.3 Å². The van der Waals surface area contributed by atoms with Crippen LogP contribution in [0.2, 0.25) is 0 Å². The Morgan fingerprint density at radius 2 is 1.97 bits per heavy atom. The second-order valence-electron chi connectivity index (χ2n) is 9.98.